The molecule has 140 valence electrons. The highest BCUT2D eigenvalue weighted by atomic mass is 79.9. The van der Waals surface area contributed by atoms with Gasteiger partial charge in [0, 0.05) is 10.7 Å². The zero-order valence-corrected chi connectivity index (χ0v) is 15.8. The van der Waals surface area contributed by atoms with Gasteiger partial charge in [-0.05, 0) is 30.3 Å². The maximum atomic E-state index is 12.5. The number of hydrogen-bond acceptors (Lipinski definition) is 5. The van der Waals surface area contributed by atoms with E-state index in [1.54, 1.807) is 18.2 Å². The summed E-state index contributed by atoms with van der Waals surface area (Å²) in [7, 11) is 0. The fraction of sp³-hybridized carbons (Fsp3) is 0.125. The molecule has 1 N–H and O–H groups in total. The molecule has 3 rings (SSSR count). The molecule has 0 spiro atoms. The SMILES string of the molecule is O=C(CSc1ccc(C(F)(F)F)cn1)Nc1cc(Br)ccc1-n1cncn1. The first kappa shape index (κ1) is 19.4. The Labute approximate surface area is 164 Å². The molecule has 3 aromatic rings. The second-order valence-corrected chi connectivity index (χ2v) is 7.13. The maximum Gasteiger partial charge on any atom is 0.417 e. The van der Waals surface area contributed by atoms with E-state index in [4.69, 9.17) is 0 Å². The third-order valence-electron chi connectivity index (χ3n) is 3.31. The van der Waals surface area contributed by atoms with Crippen molar-refractivity contribution in [1.82, 2.24) is 19.7 Å². The molecule has 0 atom stereocenters. The van der Waals surface area contributed by atoms with Gasteiger partial charge in [0.2, 0.25) is 5.91 Å². The average molecular weight is 458 g/mol. The van der Waals surface area contributed by atoms with Gasteiger partial charge in [0.05, 0.1) is 27.7 Å². The van der Waals surface area contributed by atoms with Gasteiger partial charge >= 0.3 is 6.18 Å². The highest BCUT2D eigenvalue weighted by molar-refractivity contribution is 9.10. The third-order valence-corrected chi connectivity index (χ3v) is 4.75. The number of carbonyl (C=O) groups excluding carboxylic acids is 1. The molecule has 11 heteroatoms. The number of nitrogens with one attached hydrogen (secondary N) is 1. The average Bonchev–Trinajstić information content (AvgIpc) is 3.14. The van der Waals surface area contributed by atoms with Crippen molar-refractivity contribution in [2.75, 3.05) is 11.1 Å². The Bertz CT molecular complexity index is 932. The molecule has 1 amide bonds. The number of nitrogens with zero attached hydrogens (tertiary/aromatic N) is 4. The normalized spacial score (nSPS) is 11.4. The van der Waals surface area contributed by atoms with Crippen molar-refractivity contribution in [3.63, 3.8) is 0 Å². The Morgan fingerprint density at radius 2 is 2.07 bits per heavy atom. The van der Waals surface area contributed by atoms with Crippen LogP contribution in [0.25, 0.3) is 5.69 Å². The van der Waals surface area contributed by atoms with Crippen LogP contribution in [-0.4, -0.2) is 31.4 Å². The van der Waals surface area contributed by atoms with E-state index in [0.717, 1.165) is 28.5 Å². The molecule has 0 bridgehead atoms. The van der Waals surface area contributed by atoms with Gasteiger partial charge in [-0.15, -0.1) is 0 Å². The minimum Gasteiger partial charge on any atom is -0.323 e. The highest BCUT2D eigenvalue weighted by Gasteiger charge is 2.30. The van der Waals surface area contributed by atoms with Gasteiger partial charge in [0.25, 0.3) is 0 Å². The van der Waals surface area contributed by atoms with Crippen molar-refractivity contribution in [1.29, 1.82) is 0 Å². The van der Waals surface area contributed by atoms with E-state index in [0.29, 0.717) is 16.4 Å². The van der Waals surface area contributed by atoms with Crippen LogP contribution in [0.3, 0.4) is 0 Å². The summed E-state index contributed by atoms with van der Waals surface area (Å²) in [5.74, 6) is -0.344. The topological polar surface area (TPSA) is 72.7 Å². The van der Waals surface area contributed by atoms with Gasteiger partial charge in [-0.1, -0.05) is 27.7 Å². The van der Waals surface area contributed by atoms with Crippen LogP contribution in [0, 0.1) is 0 Å². The van der Waals surface area contributed by atoms with E-state index in [-0.39, 0.29) is 11.7 Å². The van der Waals surface area contributed by atoms with Crippen LogP contribution in [0.4, 0.5) is 18.9 Å². The van der Waals surface area contributed by atoms with Crippen molar-refractivity contribution in [3.05, 3.63) is 59.2 Å². The number of aromatic nitrogens is 4. The van der Waals surface area contributed by atoms with E-state index >= 15 is 0 Å². The minimum absolute atomic E-state index is 0.0122. The summed E-state index contributed by atoms with van der Waals surface area (Å²) >= 11 is 4.38. The maximum absolute atomic E-state index is 12.5. The van der Waals surface area contributed by atoms with E-state index < -0.39 is 11.7 Å². The lowest BCUT2D eigenvalue weighted by atomic mass is 10.2. The second kappa shape index (κ2) is 8.09. The van der Waals surface area contributed by atoms with Gasteiger partial charge in [-0.25, -0.2) is 14.6 Å². The zero-order chi connectivity index (χ0) is 19.4. The lowest BCUT2D eigenvalue weighted by Gasteiger charge is -2.11. The first-order chi connectivity index (χ1) is 12.8. The smallest absolute Gasteiger partial charge is 0.323 e. The molecule has 0 saturated carbocycles. The molecule has 2 heterocycles. The summed E-state index contributed by atoms with van der Waals surface area (Å²) in [6.07, 6.45) is -0.817. The van der Waals surface area contributed by atoms with Crippen molar-refractivity contribution >= 4 is 39.3 Å². The zero-order valence-electron chi connectivity index (χ0n) is 13.4. The van der Waals surface area contributed by atoms with Crippen LogP contribution in [0.2, 0.25) is 0 Å². The summed E-state index contributed by atoms with van der Waals surface area (Å²) in [6, 6.07) is 7.45. The Kier molecular flexibility index (Phi) is 5.80. The second-order valence-electron chi connectivity index (χ2n) is 5.22. The summed E-state index contributed by atoms with van der Waals surface area (Å²) in [4.78, 5) is 19.9. The number of benzene rings is 1. The molecule has 27 heavy (non-hydrogen) atoms. The van der Waals surface area contributed by atoms with Gasteiger partial charge in [0.1, 0.15) is 12.7 Å². The fourth-order valence-electron chi connectivity index (χ4n) is 2.10. The molecular weight excluding hydrogens is 447 g/mol. The third kappa shape index (κ3) is 5.07. The predicted octanol–water partition coefficient (Wildman–Crippen LogP) is 4.17. The van der Waals surface area contributed by atoms with Crippen molar-refractivity contribution in [2.24, 2.45) is 0 Å². The van der Waals surface area contributed by atoms with Gasteiger partial charge in [0.15, 0.2) is 0 Å². The summed E-state index contributed by atoms with van der Waals surface area (Å²) < 4.78 is 39.9. The minimum atomic E-state index is -4.44. The number of halogens is 4. The Balaban J connectivity index is 1.66. The molecule has 0 aliphatic rings. The van der Waals surface area contributed by atoms with Gasteiger partial charge in [-0.2, -0.15) is 18.3 Å². The van der Waals surface area contributed by atoms with Crippen LogP contribution < -0.4 is 5.32 Å². The van der Waals surface area contributed by atoms with Crippen LogP contribution in [0.1, 0.15) is 5.56 Å². The number of carbonyl (C=O) groups is 1. The van der Waals surface area contributed by atoms with Gasteiger partial charge in [-0.3, -0.25) is 4.79 Å². The largest absolute Gasteiger partial charge is 0.417 e. The number of alkyl halides is 3. The number of amides is 1. The number of rotatable bonds is 5. The highest BCUT2D eigenvalue weighted by Crippen LogP contribution is 2.30. The Hall–Kier alpha value is -2.40. The summed E-state index contributed by atoms with van der Waals surface area (Å²) in [5, 5.41) is 7.12. The summed E-state index contributed by atoms with van der Waals surface area (Å²) in [6.45, 7) is 0. The van der Waals surface area contributed by atoms with Gasteiger partial charge < -0.3 is 5.32 Å². The molecular formula is C16H11BrF3N5OS. The Morgan fingerprint density at radius 3 is 2.70 bits per heavy atom. The first-order valence-corrected chi connectivity index (χ1v) is 9.21. The number of thioether (sulfide) groups is 1. The molecule has 0 aliphatic carbocycles. The lowest BCUT2D eigenvalue weighted by Crippen LogP contribution is -2.16. The quantitative estimate of drug-likeness (QED) is 0.581. The first-order valence-electron chi connectivity index (χ1n) is 7.43. The van der Waals surface area contributed by atoms with Crippen LogP contribution in [-0.2, 0) is 11.0 Å². The molecule has 1 aromatic carbocycles. The van der Waals surface area contributed by atoms with Crippen LogP contribution in [0.15, 0.2) is 58.7 Å². The van der Waals surface area contributed by atoms with E-state index in [2.05, 4.69) is 36.3 Å². The monoisotopic (exact) mass is 457 g/mol. The van der Waals surface area contributed by atoms with Crippen molar-refractivity contribution in [2.45, 2.75) is 11.2 Å². The van der Waals surface area contributed by atoms with Crippen molar-refractivity contribution in [3.8, 4) is 5.69 Å². The van der Waals surface area contributed by atoms with E-state index in [1.807, 2.05) is 0 Å². The standard InChI is InChI=1S/C16H11BrF3N5OS/c17-11-2-3-13(25-9-21-8-23-25)12(5-11)24-14(26)7-27-15-4-1-10(6-22-15)16(18,19)20/h1-6,8-9H,7H2,(H,24,26). The lowest BCUT2D eigenvalue weighted by molar-refractivity contribution is -0.137. The molecule has 0 fully saturated rings. The van der Waals surface area contributed by atoms with Crippen molar-refractivity contribution < 1.29 is 18.0 Å². The van der Waals surface area contributed by atoms with E-state index in [1.165, 1.54) is 23.4 Å². The molecule has 2 aromatic heterocycles. The predicted molar refractivity (Wildman–Crippen MR) is 97.7 cm³/mol. The number of hydrogen-bond donors (Lipinski definition) is 1. The van der Waals surface area contributed by atoms with Crippen LogP contribution in [0.5, 0.6) is 0 Å². The number of anilines is 1. The summed E-state index contributed by atoms with van der Waals surface area (Å²) in [5.41, 5.74) is 0.311. The molecule has 0 radical (unpaired) electrons. The molecule has 0 aliphatic heterocycles. The Morgan fingerprint density at radius 1 is 1.26 bits per heavy atom. The van der Waals surface area contributed by atoms with Crippen LogP contribution >= 0.6 is 27.7 Å². The molecule has 0 unspecified atom stereocenters. The fourth-order valence-corrected chi connectivity index (χ4v) is 3.10. The van der Waals surface area contributed by atoms with E-state index in [9.17, 15) is 18.0 Å². The molecule has 6 nitrogen and oxygen atoms in total. The number of pyridine rings is 1. The molecule has 0 saturated heterocycles.